The summed E-state index contributed by atoms with van der Waals surface area (Å²) in [5.41, 5.74) is 6.40. The second-order valence-electron chi connectivity index (χ2n) is 8.60. The number of fused-ring (bicyclic) bond motifs is 1. The van der Waals surface area contributed by atoms with Crippen LogP contribution in [0.4, 0.5) is 18.9 Å². The molecule has 2 aromatic carbocycles. The van der Waals surface area contributed by atoms with Gasteiger partial charge in [0.15, 0.2) is 0 Å². The van der Waals surface area contributed by atoms with E-state index in [1.165, 1.54) is 41.8 Å². The number of anilines is 1. The zero-order chi connectivity index (χ0) is 21.4. The number of hydrogen-bond donors (Lipinski definition) is 0. The number of halogens is 3. The standard InChI is InChI=1S/C26H25F3N2/c27-26(28,29)22-10-8-18(9-11-22)21-15-19-5-1-2-6-23(19)25(16-21)31-14-12-20(17-31)24-7-3-4-13-30-24/h3-4,7-11,13,15-16,20H,1-2,5-6,12,14,17H2. The highest BCUT2D eigenvalue weighted by Gasteiger charge is 2.30. The Morgan fingerprint density at radius 1 is 0.903 bits per heavy atom. The van der Waals surface area contributed by atoms with Gasteiger partial charge in [0.2, 0.25) is 0 Å². The highest BCUT2D eigenvalue weighted by molar-refractivity contribution is 5.73. The number of aromatic nitrogens is 1. The number of benzene rings is 2. The van der Waals surface area contributed by atoms with E-state index >= 15 is 0 Å². The maximum atomic E-state index is 13.0. The van der Waals surface area contributed by atoms with Gasteiger partial charge in [-0.1, -0.05) is 24.3 Å². The van der Waals surface area contributed by atoms with Gasteiger partial charge in [-0.2, -0.15) is 13.2 Å². The van der Waals surface area contributed by atoms with Gasteiger partial charge < -0.3 is 4.90 Å². The van der Waals surface area contributed by atoms with E-state index in [4.69, 9.17) is 0 Å². The monoisotopic (exact) mass is 422 g/mol. The maximum absolute atomic E-state index is 13.0. The van der Waals surface area contributed by atoms with Crippen LogP contribution in [-0.2, 0) is 19.0 Å². The van der Waals surface area contributed by atoms with Crippen molar-refractivity contribution in [2.75, 3.05) is 18.0 Å². The molecule has 2 heterocycles. The quantitative estimate of drug-likeness (QED) is 0.470. The third kappa shape index (κ3) is 4.06. The Morgan fingerprint density at radius 3 is 2.45 bits per heavy atom. The van der Waals surface area contributed by atoms with Crippen LogP contribution in [-0.4, -0.2) is 18.1 Å². The van der Waals surface area contributed by atoms with Crippen molar-refractivity contribution in [1.29, 1.82) is 0 Å². The molecule has 0 bridgehead atoms. The van der Waals surface area contributed by atoms with Gasteiger partial charge in [-0.25, -0.2) is 0 Å². The van der Waals surface area contributed by atoms with E-state index in [9.17, 15) is 13.2 Å². The van der Waals surface area contributed by atoms with Crippen molar-refractivity contribution in [3.8, 4) is 11.1 Å². The molecule has 1 unspecified atom stereocenters. The molecule has 1 aliphatic carbocycles. The Bertz CT molecular complexity index is 1060. The predicted molar refractivity (Wildman–Crippen MR) is 117 cm³/mol. The third-order valence-corrected chi connectivity index (χ3v) is 6.62. The summed E-state index contributed by atoms with van der Waals surface area (Å²) in [5, 5.41) is 0. The fraction of sp³-hybridized carbons (Fsp3) is 0.346. The molecular weight excluding hydrogens is 397 g/mol. The van der Waals surface area contributed by atoms with Crippen molar-refractivity contribution in [1.82, 2.24) is 4.98 Å². The summed E-state index contributed by atoms with van der Waals surface area (Å²) >= 11 is 0. The van der Waals surface area contributed by atoms with E-state index in [2.05, 4.69) is 28.1 Å². The van der Waals surface area contributed by atoms with Crippen LogP contribution in [0.25, 0.3) is 11.1 Å². The largest absolute Gasteiger partial charge is 0.416 e. The molecule has 1 saturated heterocycles. The Kier molecular flexibility index (Phi) is 5.20. The van der Waals surface area contributed by atoms with Gasteiger partial charge in [-0.3, -0.25) is 4.98 Å². The molecule has 1 aliphatic heterocycles. The molecule has 1 aromatic heterocycles. The number of hydrogen-bond acceptors (Lipinski definition) is 2. The van der Waals surface area contributed by atoms with E-state index in [1.54, 1.807) is 12.1 Å². The lowest BCUT2D eigenvalue weighted by Gasteiger charge is -2.28. The van der Waals surface area contributed by atoms with Gasteiger partial charge in [0.05, 0.1) is 5.56 Å². The van der Waals surface area contributed by atoms with Crippen LogP contribution in [0.15, 0.2) is 60.8 Å². The summed E-state index contributed by atoms with van der Waals surface area (Å²) in [6, 6.07) is 16.0. The van der Waals surface area contributed by atoms with E-state index in [-0.39, 0.29) is 0 Å². The molecule has 1 fully saturated rings. The Labute approximate surface area is 180 Å². The first-order valence-corrected chi connectivity index (χ1v) is 11.0. The highest BCUT2D eigenvalue weighted by Crippen LogP contribution is 2.39. The lowest BCUT2D eigenvalue weighted by atomic mass is 9.87. The van der Waals surface area contributed by atoms with Crippen LogP contribution in [0.3, 0.4) is 0 Å². The SMILES string of the molecule is FC(F)(F)c1ccc(-c2cc3c(c(N4CCC(c5ccccn5)C4)c2)CCCC3)cc1. The molecule has 2 nitrogen and oxygen atoms in total. The van der Waals surface area contributed by atoms with E-state index in [0.717, 1.165) is 49.2 Å². The van der Waals surface area contributed by atoms with Crippen LogP contribution >= 0.6 is 0 Å². The molecule has 160 valence electrons. The van der Waals surface area contributed by atoms with Crippen molar-refractivity contribution < 1.29 is 13.2 Å². The second-order valence-corrected chi connectivity index (χ2v) is 8.60. The molecule has 0 radical (unpaired) electrons. The Hall–Kier alpha value is -2.82. The molecule has 0 N–H and O–H groups in total. The normalized spacial score (nSPS) is 18.8. The smallest absolute Gasteiger partial charge is 0.371 e. The molecular formula is C26H25F3N2. The maximum Gasteiger partial charge on any atom is 0.416 e. The van der Waals surface area contributed by atoms with Crippen molar-refractivity contribution >= 4 is 5.69 Å². The van der Waals surface area contributed by atoms with E-state index < -0.39 is 11.7 Å². The van der Waals surface area contributed by atoms with Crippen molar-refractivity contribution in [2.45, 2.75) is 44.2 Å². The molecule has 0 amide bonds. The van der Waals surface area contributed by atoms with Crippen LogP contribution in [0.1, 0.15) is 47.6 Å². The minimum Gasteiger partial charge on any atom is -0.371 e. The second kappa shape index (κ2) is 8.03. The molecule has 31 heavy (non-hydrogen) atoms. The number of alkyl halides is 3. The minimum absolute atomic E-state index is 0.412. The first kappa shape index (κ1) is 20.1. The first-order valence-electron chi connectivity index (χ1n) is 11.0. The van der Waals surface area contributed by atoms with Crippen LogP contribution in [0, 0.1) is 0 Å². The molecule has 0 saturated carbocycles. The summed E-state index contributed by atoms with van der Waals surface area (Å²) in [4.78, 5) is 7.01. The van der Waals surface area contributed by atoms with E-state index in [1.807, 2.05) is 18.3 Å². The fourth-order valence-electron chi connectivity index (χ4n) is 4.98. The number of pyridine rings is 1. The van der Waals surface area contributed by atoms with Crippen molar-refractivity contribution in [2.24, 2.45) is 0 Å². The molecule has 5 heteroatoms. The predicted octanol–water partition coefficient (Wildman–Crippen LogP) is 6.64. The van der Waals surface area contributed by atoms with Gasteiger partial charge in [0, 0.05) is 36.6 Å². The topological polar surface area (TPSA) is 16.1 Å². The fourth-order valence-corrected chi connectivity index (χ4v) is 4.98. The van der Waals surface area contributed by atoms with Gasteiger partial charge in [-0.05, 0) is 84.7 Å². The third-order valence-electron chi connectivity index (χ3n) is 6.62. The minimum atomic E-state index is -4.31. The van der Waals surface area contributed by atoms with Crippen LogP contribution in [0.2, 0.25) is 0 Å². The summed E-state index contributed by atoms with van der Waals surface area (Å²) in [5.74, 6) is 0.412. The molecule has 2 aliphatic rings. The zero-order valence-corrected chi connectivity index (χ0v) is 17.3. The molecule has 0 spiro atoms. The van der Waals surface area contributed by atoms with Gasteiger partial charge in [0.25, 0.3) is 0 Å². The first-order chi connectivity index (χ1) is 15.0. The zero-order valence-electron chi connectivity index (χ0n) is 17.3. The van der Waals surface area contributed by atoms with Gasteiger partial charge in [0.1, 0.15) is 0 Å². The van der Waals surface area contributed by atoms with Gasteiger partial charge >= 0.3 is 6.18 Å². The number of nitrogens with zero attached hydrogens (tertiary/aromatic N) is 2. The summed E-state index contributed by atoms with van der Waals surface area (Å²) < 4.78 is 38.9. The number of rotatable bonds is 3. The van der Waals surface area contributed by atoms with Crippen LogP contribution in [0.5, 0.6) is 0 Å². The molecule has 5 rings (SSSR count). The molecule has 1 atom stereocenters. The van der Waals surface area contributed by atoms with E-state index in [0.29, 0.717) is 5.92 Å². The van der Waals surface area contributed by atoms with Crippen molar-refractivity contribution in [3.63, 3.8) is 0 Å². The average molecular weight is 422 g/mol. The molecule has 3 aromatic rings. The average Bonchev–Trinajstić information content (AvgIpc) is 3.29. The summed E-state index contributed by atoms with van der Waals surface area (Å²) in [6.07, 6.45) is 3.07. The lowest BCUT2D eigenvalue weighted by molar-refractivity contribution is -0.137. The van der Waals surface area contributed by atoms with Gasteiger partial charge in [-0.15, -0.1) is 0 Å². The summed E-state index contributed by atoms with van der Waals surface area (Å²) in [6.45, 7) is 1.91. The Morgan fingerprint density at radius 2 is 1.71 bits per heavy atom. The lowest BCUT2D eigenvalue weighted by Crippen LogP contribution is -2.22. The van der Waals surface area contributed by atoms with Crippen LogP contribution < -0.4 is 4.90 Å². The highest BCUT2D eigenvalue weighted by atomic mass is 19.4. The van der Waals surface area contributed by atoms with Crippen molar-refractivity contribution in [3.05, 3.63) is 83.2 Å². The summed E-state index contributed by atoms with van der Waals surface area (Å²) in [7, 11) is 0. The Balaban J connectivity index is 1.49. The number of aryl methyl sites for hydroxylation is 1.